The third-order valence-electron chi connectivity index (χ3n) is 3.61. The van der Waals surface area contributed by atoms with Gasteiger partial charge in [-0.2, -0.15) is 8.78 Å². The van der Waals surface area contributed by atoms with Crippen molar-refractivity contribution in [2.75, 3.05) is 7.11 Å². The van der Waals surface area contributed by atoms with Crippen LogP contribution in [0.4, 0.5) is 8.78 Å². The summed E-state index contributed by atoms with van der Waals surface area (Å²) in [6.45, 7) is 0. The molecule has 0 saturated carbocycles. The first-order valence-electron chi connectivity index (χ1n) is 6.88. The number of fused-ring (bicyclic) bond motifs is 1. The maximum Gasteiger partial charge on any atom is 0.278 e. The molecule has 110 valence electrons. The smallest absolute Gasteiger partial charge is 0.278 e. The van der Waals surface area contributed by atoms with Gasteiger partial charge >= 0.3 is 0 Å². The van der Waals surface area contributed by atoms with Crippen molar-refractivity contribution in [2.45, 2.75) is 0 Å². The molecule has 0 radical (unpaired) electrons. The summed E-state index contributed by atoms with van der Waals surface area (Å²) in [6.07, 6.45) is -1.69. The summed E-state index contributed by atoms with van der Waals surface area (Å²) in [6, 6.07) is 19.7. The van der Waals surface area contributed by atoms with Gasteiger partial charge in [-0.25, -0.2) is 0 Å². The summed E-state index contributed by atoms with van der Waals surface area (Å²) in [7, 11) is 1.55. The lowest BCUT2D eigenvalue weighted by Gasteiger charge is -2.09. The Morgan fingerprint density at radius 1 is 0.773 bits per heavy atom. The van der Waals surface area contributed by atoms with Crippen LogP contribution >= 0.6 is 0 Å². The lowest BCUT2D eigenvalue weighted by molar-refractivity contribution is 0.414. The van der Waals surface area contributed by atoms with Crippen molar-refractivity contribution in [2.24, 2.45) is 0 Å². The maximum absolute atomic E-state index is 13.5. The Morgan fingerprint density at radius 3 is 2.05 bits per heavy atom. The first-order chi connectivity index (χ1) is 10.7. The molecule has 3 aromatic rings. The Balaban J connectivity index is 2.12. The molecule has 0 aliphatic rings. The van der Waals surface area contributed by atoms with Crippen LogP contribution in [0.5, 0.6) is 5.75 Å². The highest BCUT2D eigenvalue weighted by Crippen LogP contribution is 2.31. The van der Waals surface area contributed by atoms with Gasteiger partial charge in [0, 0.05) is 0 Å². The highest BCUT2D eigenvalue weighted by molar-refractivity contribution is 5.89. The second-order valence-corrected chi connectivity index (χ2v) is 4.93. The lowest BCUT2D eigenvalue weighted by Crippen LogP contribution is -1.91. The Morgan fingerprint density at radius 2 is 1.41 bits per heavy atom. The first-order valence-corrected chi connectivity index (χ1v) is 6.88. The maximum atomic E-state index is 13.5. The third kappa shape index (κ3) is 2.70. The number of halogens is 2. The summed E-state index contributed by atoms with van der Waals surface area (Å²) in [5, 5.41) is 1.96. The van der Waals surface area contributed by atoms with Crippen LogP contribution in [0.1, 0.15) is 11.1 Å². The Bertz CT molecular complexity index is 831. The fraction of sp³-hybridized carbons (Fsp3) is 0.0526. The minimum atomic E-state index is -1.69. The van der Waals surface area contributed by atoms with Crippen LogP contribution in [-0.4, -0.2) is 7.11 Å². The summed E-state index contributed by atoms with van der Waals surface area (Å²) in [5.41, 5.74) is 0.924. The van der Waals surface area contributed by atoms with Crippen molar-refractivity contribution < 1.29 is 13.5 Å². The van der Waals surface area contributed by atoms with Crippen molar-refractivity contribution in [3.05, 3.63) is 83.9 Å². The molecule has 22 heavy (non-hydrogen) atoms. The number of hydrogen-bond acceptors (Lipinski definition) is 1. The van der Waals surface area contributed by atoms with Gasteiger partial charge in [-0.1, -0.05) is 48.5 Å². The van der Waals surface area contributed by atoms with Crippen LogP contribution in [0.2, 0.25) is 0 Å². The third-order valence-corrected chi connectivity index (χ3v) is 3.61. The van der Waals surface area contributed by atoms with Crippen molar-refractivity contribution in [1.29, 1.82) is 0 Å². The molecule has 0 unspecified atom stereocenters. The number of ether oxygens (including phenoxy) is 1. The number of benzene rings is 3. The lowest BCUT2D eigenvalue weighted by atomic mass is 9.96. The van der Waals surface area contributed by atoms with Crippen molar-refractivity contribution in [3.8, 4) is 5.75 Å². The standard InChI is InChI=1S/C19H14F2O/c1-22-17-10-8-14(9-11-17)18(19(20)21)16-7-6-13-4-2-3-5-15(13)12-16/h2-12H,1H3. The van der Waals surface area contributed by atoms with Crippen LogP contribution in [0.3, 0.4) is 0 Å². The van der Waals surface area contributed by atoms with Crippen molar-refractivity contribution in [1.82, 2.24) is 0 Å². The normalized spacial score (nSPS) is 10.5. The number of rotatable bonds is 3. The largest absolute Gasteiger partial charge is 0.497 e. The van der Waals surface area contributed by atoms with E-state index in [-0.39, 0.29) is 5.57 Å². The highest BCUT2D eigenvalue weighted by Gasteiger charge is 2.13. The van der Waals surface area contributed by atoms with Gasteiger partial charge in [-0.15, -0.1) is 0 Å². The van der Waals surface area contributed by atoms with Crippen molar-refractivity contribution >= 4 is 16.3 Å². The molecule has 1 nitrogen and oxygen atoms in total. The van der Waals surface area contributed by atoms with Crippen LogP contribution in [-0.2, 0) is 0 Å². The van der Waals surface area contributed by atoms with Crippen LogP contribution in [0, 0.1) is 0 Å². The molecule has 0 aliphatic carbocycles. The van der Waals surface area contributed by atoms with Crippen LogP contribution in [0.15, 0.2) is 72.8 Å². The summed E-state index contributed by atoms with van der Waals surface area (Å²) in [4.78, 5) is 0. The molecule has 0 spiro atoms. The minimum Gasteiger partial charge on any atom is -0.497 e. The molecule has 3 heteroatoms. The van der Waals surface area contributed by atoms with Gasteiger partial charge in [0.15, 0.2) is 0 Å². The predicted molar refractivity (Wildman–Crippen MR) is 85.2 cm³/mol. The predicted octanol–water partition coefficient (Wildman–Crippen LogP) is 5.50. The molecule has 0 amide bonds. The quantitative estimate of drug-likeness (QED) is 0.619. The van der Waals surface area contributed by atoms with E-state index < -0.39 is 6.08 Å². The zero-order valence-corrected chi connectivity index (χ0v) is 12.0. The van der Waals surface area contributed by atoms with E-state index in [0.29, 0.717) is 16.9 Å². The molecule has 0 heterocycles. The Kier molecular flexibility index (Phi) is 3.88. The van der Waals surface area contributed by atoms with E-state index in [0.717, 1.165) is 10.8 Å². The SMILES string of the molecule is COc1ccc(C(=C(F)F)c2ccc3ccccc3c2)cc1. The van der Waals surface area contributed by atoms with Crippen molar-refractivity contribution in [3.63, 3.8) is 0 Å². The fourth-order valence-corrected chi connectivity index (χ4v) is 2.49. The van der Waals surface area contributed by atoms with Crippen LogP contribution in [0.25, 0.3) is 16.3 Å². The van der Waals surface area contributed by atoms with Gasteiger partial charge in [-0.05, 0) is 40.1 Å². The van der Waals surface area contributed by atoms with Gasteiger partial charge < -0.3 is 4.74 Å². The van der Waals surface area contributed by atoms with Gasteiger partial charge in [-0.3, -0.25) is 0 Å². The van der Waals surface area contributed by atoms with E-state index in [1.807, 2.05) is 30.3 Å². The van der Waals surface area contributed by atoms with Gasteiger partial charge in [0.25, 0.3) is 6.08 Å². The number of methoxy groups -OCH3 is 1. The highest BCUT2D eigenvalue weighted by atomic mass is 19.3. The molecule has 3 rings (SSSR count). The molecule has 0 bridgehead atoms. The van der Waals surface area contributed by atoms with E-state index in [9.17, 15) is 8.78 Å². The average Bonchev–Trinajstić information content (AvgIpc) is 2.55. The monoisotopic (exact) mass is 296 g/mol. The van der Waals surface area contributed by atoms with E-state index in [1.165, 1.54) is 0 Å². The van der Waals surface area contributed by atoms with E-state index in [2.05, 4.69) is 0 Å². The molecule has 3 aromatic carbocycles. The second-order valence-electron chi connectivity index (χ2n) is 4.93. The summed E-state index contributed by atoms with van der Waals surface area (Å²) < 4.78 is 32.1. The van der Waals surface area contributed by atoms with E-state index in [4.69, 9.17) is 4.74 Å². The summed E-state index contributed by atoms with van der Waals surface area (Å²) >= 11 is 0. The fourth-order valence-electron chi connectivity index (χ4n) is 2.49. The molecule has 0 atom stereocenters. The molecule has 0 saturated heterocycles. The number of hydrogen-bond donors (Lipinski definition) is 0. The molecule has 0 aromatic heterocycles. The molecular formula is C19H14F2O. The van der Waals surface area contributed by atoms with Gasteiger partial charge in [0.2, 0.25) is 0 Å². The molecular weight excluding hydrogens is 282 g/mol. The topological polar surface area (TPSA) is 9.23 Å². The van der Waals surface area contributed by atoms with Crippen LogP contribution < -0.4 is 4.74 Å². The first kappa shape index (κ1) is 14.3. The summed E-state index contributed by atoms with van der Waals surface area (Å²) in [5.74, 6) is 0.640. The molecule has 0 fully saturated rings. The molecule has 0 aliphatic heterocycles. The van der Waals surface area contributed by atoms with E-state index >= 15 is 0 Å². The van der Waals surface area contributed by atoms with Gasteiger partial charge in [0.05, 0.1) is 12.7 Å². The minimum absolute atomic E-state index is 0.0478. The van der Waals surface area contributed by atoms with E-state index in [1.54, 1.807) is 43.5 Å². The Hall–Kier alpha value is -2.68. The Labute approximate surface area is 127 Å². The molecule has 0 N–H and O–H groups in total. The zero-order chi connectivity index (χ0) is 15.5. The average molecular weight is 296 g/mol. The second kappa shape index (κ2) is 5.98. The van der Waals surface area contributed by atoms with Gasteiger partial charge in [0.1, 0.15) is 5.75 Å². The zero-order valence-electron chi connectivity index (χ0n) is 12.0.